The first-order chi connectivity index (χ1) is 11.8. The summed E-state index contributed by atoms with van der Waals surface area (Å²) >= 11 is 0. The monoisotopic (exact) mass is 364 g/mol. The predicted molar refractivity (Wildman–Crippen MR) is 98.0 cm³/mol. The maximum absolute atomic E-state index is 12.8. The van der Waals surface area contributed by atoms with Gasteiger partial charge in [0.25, 0.3) is 5.91 Å². The lowest BCUT2D eigenvalue weighted by atomic mass is 10.0. The highest BCUT2D eigenvalue weighted by molar-refractivity contribution is 7.88. The Bertz CT molecular complexity index is 875. The zero-order chi connectivity index (χ0) is 18.2. The van der Waals surface area contributed by atoms with E-state index in [0.29, 0.717) is 25.2 Å². The molecule has 0 aliphatic carbocycles. The Kier molecular flexibility index (Phi) is 4.86. The number of fused-ring (bicyclic) bond motifs is 1. The SMILES string of the molecule is CN(C)C[C@@H]1CN(S(C)(=O)=O)C[C@H]1NC(=O)c1cccc2[nH]ccc12. The average Bonchev–Trinajstić information content (AvgIpc) is 3.13. The minimum atomic E-state index is -3.27. The van der Waals surface area contributed by atoms with Crippen molar-refractivity contribution in [3.63, 3.8) is 0 Å². The van der Waals surface area contributed by atoms with E-state index in [4.69, 9.17) is 0 Å². The van der Waals surface area contributed by atoms with E-state index < -0.39 is 10.0 Å². The third kappa shape index (κ3) is 3.86. The van der Waals surface area contributed by atoms with Gasteiger partial charge in [0, 0.05) is 54.3 Å². The number of nitrogens with one attached hydrogen (secondary N) is 2. The van der Waals surface area contributed by atoms with Gasteiger partial charge in [0.15, 0.2) is 0 Å². The smallest absolute Gasteiger partial charge is 0.252 e. The fourth-order valence-electron chi connectivity index (χ4n) is 3.45. The highest BCUT2D eigenvalue weighted by Gasteiger charge is 2.38. The van der Waals surface area contributed by atoms with Crippen LogP contribution in [0, 0.1) is 5.92 Å². The summed E-state index contributed by atoms with van der Waals surface area (Å²) in [5.41, 5.74) is 1.50. The van der Waals surface area contributed by atoms with Crippen LogP contribution in [0.3, 0.4) is 0 Å². The number of H-pyrrole nitrogens is 1. The van der Waals surface area contributed by atoms with Crippen molar-refractivity contribution in [2.24, 2.45) is 5.92 Å². The van der Waals surface area contributed by atoms with Gasteiger partial charge < -0.3 is 15.2 Å². The average molecular weight is 364 g/mol. The van der Waals surface area contributed by atoms with Gasteiger partial charge in [-0.3, -0.25) is 4.79 Å². The molecule has 0 bridgehead atoms. The molecular weight excluding hydrogens is 340 g/mol. The number of nitrogens with zero attached hydrogens (tertiary/aromatic N) is 2. The molecule has 2 atom stereocenters. The van der Waals surface area contributed by atoms with Crippen LogP contribution < -0.4 is 5.32 Å². The molecule has 136 valence electrons. The number of carbonyl (C=O) groups is 1. The largest absolute Gasteiger partial charge is 0.361 e. The zero-order valence-electron chi connectivity index (χ0n) is 14.7. The lowest BCUT2D eigenvalue weighted by Crippen LogP contribution is -2.43. The van der Waals surface area contributed by atoms with Gasteiger partial charge in [-0.15, -0.1) is 0 Å². The Morgan fingerprint density at radius 3 is 2.76 bits per heavy atom. The van der Waals surface area contributed by atoms with Gasteiger partial charge >= 0.3 is 0 Å². The molecule has 1 aliphatic heterocycles. The van der Waals surface area contributed by atoms with E-state index in [1.54, 1.807) is 12.3 Å². The Morgan fingerprint density at radius 2 is 2.08 bits per heavy atom. The molecule has 2 N–H and O–H groups in total. The molecule has 1 amide bonds. The molecule has 7 nitrogen and oxygen atoms in total. The number of hydrogen-bond donors (Lipinski definition) is 2. The molecule has 2 heterocycles. The molecule has 8 heteroatoms. The van der Waals surface area contributed by atoms with Gasteiger partial charge in [-0.1, -0.05) is 6.07 Å². The summed E-state index contributed by atoms with van der Waals surface area (Å²) in [5.74, 6) is -0.117. The summed E-state index contributed by atoms with van der Waals surface area (Å²) in [6.07, 6.45) is 3.02. The Labute approximate surface area is 148 Å². The molecule has 0 radical (unpaired) electrons. The van der Waals surface area contributed by atoms with Crippen LogP contribution in [0.25, 0.3) is 10.9 Å². The highest BCUT2D eigenvalue weighted by atomic mass is 32.2. The third-order valence-electron chi connectivity index (χ3n) is 4.63. The number of sulfonamides is 1. The maximum Gasteiger partial charge on any atom is 0.252 e. The summed E-state index contributed by atoms with van der Waals surface area (Å²) in [6.45, 7) is 1.45. The van der Waals surface area contributed by atoms with Gasteiger partial charge in [-0.05, 0) is 32.3 Å². The predicted octanol–water partition coefficient (Wildman–Crippen LogP) is 0.719. The van der Waals surface area contributed by atoms with Crippen molar-refractivity contribution in [3.05, 3.63) is 36.0 Å². The minimum absolute atomic E-state index is 0.0547. The van der Waals surface area contributed by atoms with Crippen LogP contribution in [0.15, 0.2) is 30.5 Å². The van der Waals surface area contributed by atoms with Crippen molar-refractivity contribution < 1.29 is 13.2 Å². The highest BCUT2D eigenvalue weighted by Crippen LogP contribution is 2.22. The van der Waals surface area contributed by atoms with Gasteiger partial charge in [0.2, 0.25) is 10.0 Å². The van der Waals surface area contributed by atoms with Crippen molar-refractivity contribution in [3.8, 4) is 0 Å². The maximum atomic E-state index is 12.8. The van der Waals surface area contributed by atoms with Crippen molar-refractivity contribution in [1.82, 2.24) is 19.5 Å². The Balaban J connectivity index is 1.81. The quantitative estimate of drug-likeness (QED) is 0.819. The number of rotatable bonds is 5. The van der Waals surface area contributed by atoms with Crippen LogP contribution in [0.2, 0.25) is 0 Å². The molecule has 25 heavy (non-hydrogen) atoms. The van der Waals surface area contributed by atoms with Gasteiger partial charge in [-0.25, -0.2) is 8.42 Å². The van der Waals surface area contributed by atoms with Gasteiger partial charge in [0.05, 0.1) is 6.26 Å². The van der Waals surface area contributed by atoms with E-state index >= 15 is 0 Å². The zero-order valence-corrected chi connectivity index (χ0v) is 15.5. The lowest BCUT2D eigenvalue weighted by molar-refractivity contribution is 0.0929. The first-order valence-electron chi connectivity index (χ1n) is 8.22. The van der Waals surface area contributed by atoms with E-state index in [1.807, 2.05) is 37.2 Å². The molecule has 3 rings (SSSR count). The van der Waals surface area contributed by atoms with Crippen LogP contribution in [-0.4, -0.2) is 74.5 Å². The molecule has 0 saturated carbocycles. The molecule has 1 aromatic heterocycles. The second kappa shape index (κ2) is 6.78. The third-order valence-corrected chi connectivity index (χ3v) is 5.87. The molecular formula is C17H24N4O3S. The van der Waals surface area contributed by atoms with Crippen molar-refractivity contribution >= 4 is 26.8 Å². The molecule has 0 unspecified atom stereocenters. The Morgan fingerprint density at radius 1 is 1.32 bits per heavy atom. The first kappa shape index (κ1) is 17.9. The molecule has 2 aromatic rings. The van der Waals surface area contributed by atoms with Crippen molar-refractivity contribution in [2.45, 2.75) is 6.04 Å². The van der Waals surface area contributed by atoms with Crippen LogP contribution in [0.4, 0.5) is 0 Å². The van der Waals surface area contributed by atoms with Crippen LogP contribution >= 0.6 is 0 Å². The van der Waals surface area contributed by atoms with Crippen molar-refractivity contribution in [1.29, 1.82) is 0 Å². The minimum Gasteiger partial charge on any atom is -0.361 e. The standard InChI is InChI=1S/C17H24N4O3S/c1-20(2)9-12-10-21(25(3,23)24)11-16(12)19-17(22)14-5-4-6-15-13(14)7-8-18-15/h4-8,12,16,18H,9-11H2,1-3H3,(H,19,22)/t12-,16-/m1/s1. The molecule has 1 aromatic carbocycles. The number of hydrogen-bond acceptors (Lipinski definition) is 4. The Hall–Kier alpha value is -1.90. The number of aromatic amines is 1. The van der Waals surface area contributed by atoms with E-state index in [2.05, 4.69) is 10.3 Å². The van der Waals surface area contributed by atoms with E-state index in [-0.39, 0.29) is 17.9 Å². The first-order valence-corrected chi connectivity index (χ1v) is 10.1. The summed E-state index contributed by atoms with van der Waals surface area (Å²) in [7, 11) is 0.622. The summed E-state index contributed by atoms with van der Waals surface area (Å²) in [6, 6.07) is 7.21. The van der Waals surface area contributed by atoms with Gasteiger partial charge in [-0.2, -0.15) is 4.31 Å². The number of amides is 1. The van der Waals surface area contributed by atoms with Gasteiger partial charge in [0.1, 0.15) is 0 Å². The van der Waals surface area contributed by atoms with Crippen molar-refractivity contribution in [2.75, 3.05) is 40.0 Å². The fourth-order valence-corrected chi connectivity index (χ4v) is 4.34. The van der Waals surface area contributed by atoms with Crippen LogP contribution in [-0.2, 0) is 10.0 Å². The summed E-state index contributed by atoms with van der Waals surface area (Å²) in [5, 5.41) is 3.91. The van der Waals surface area contributed by atoms with Crippen LogP contribution in [0.5, 0.6) is 0 Å². The summed E-state index contributed by atoms with van der Waals surface area (Å²) < 4.78 is 25.3. The van der Waals surface area contributed by atoms with E-state index in [0.717, 1.165) is 10.9 Å². The lowest BCUT2D eigenvalue weighted by Gasteiger charge is -2.23. The second-order valence-corrected chi connectivity index (χ2v) is 8.91. The van der Waals surface area contributed by atoms with E-state index in [1.165, 1.54) is 10.6 Å². The molecule has 1 fully saturated rings. The number of benzene rings is 1. The number of aromatic nitrogens is 1. The fraction of sp³-hybridized carbons (Fsp3) is 0.471. The summed E-state index contributed by atoms with van der Waals surface area (Å²) in [4.78, 5) is 17.9. The normalized spacial score (nSPS) is 21.9. The topological polar surface area (TPSA) is 85.5 Å². The van der Waals surface area contributed by atoms with E-state index in [9.17, 15) is 13.2 Å². The molecule has 1 saturated heterocycles. The van der Waals surface area contributed by atoms with Crippen LogP contribution in [0.1, 0.15) is 10.4 Å². The molecule has 1 aliphatic rings. The molecule has 0 spiro atoms. The number of carbonyl (C=O) groups excluding carboxylic acids is 1. The second-order valence-electron chi connectivity index (χ2n) is 6.93.